The molecule has 148 valence electrons. The third-order valence-electron chi connectivity index (χ3n) is 3.71. The fourth-order valence-electron chi connectivity index (χ4n) is 2.47. The summed E-state index contributed by atoms with van der Waals surface area (Å²) >= 11 is 5.75. The second kappa shape index (κ2) is 8.39. The Hall–Kier alpha value is -3.28. The van der Waals surface area contributed by atoms with Crippen molar-refractivity contribution in [1.82, 2.24) is 0 Å². The molecule has 3 rings (SSSR count). The molecule has 0 radical (unpaired) electrons. The minimum Gasteiger partial charge on any atom is -0.480 e. The van der Waals surface area contributed by atoms with Crippen molar-refractivity contribution in [3.05, 3.63) is 77.6 Å². The van der Waals surface area contributed by atoms with Gasteiger partial charge in [-0.1, -0.05) is 29.8 Å². The van der Waals surface area contributed by atoms with Gasteiger partial charge in [0.05, 0.1) is 10.6 Å². The molecule has 0 spiro atoms. The van der Waals surface area contributed by atoms with Crippen LogP contribution >= 0.6 is 11.6 Å². The van der Waals surface area contributed by atoms with Crippen LogP contribution in [0.1, 0.15) is 0 Å². The van der Waals surface area contributed by atoms with Crippen LogP contribution in [0.4, 0.5) is 10.1 Å². The molecule has 0 atom stereocenters. The lowest BCUT2D eigenvalue weighted by atomic mass is 10.1. The molecular formula is C20H13ClFNO5S. The Morgan fingerprint density at radius 2 is 1.93 bits per heavy atom. The van der Waals surface area contributed by atoms with E-state index in [0.29, 0.717) is 5.56 Å². The summed E-state index contributed by atoms with van der Waals surface area (Å²) in [6.45, 7) is -0.673. The maximum atomic E-state index is 13.6. The minimum atomic E-state index is -4.23. The van der Waals surface area contributed by atoms with E-state index in [1.165, 1.54) is 12.1 Å². The maximum absolute atomic E-state index is 13.6. The molecule has 29 heavy (non-hydrogen) atoms. The third kappa shape index (κ3) is 5.16. The van der Waals surface area contributed by atoms with Crippen LogP contribution in [0.5, 0.6) is 5.75 Å². The molecule has 0 aliphatic rings. The molecule has 0 unspecified atom stereocenters. The van der Waals surface area contributed by atoms with Crippen molar-refractivity contribution >= 4 is 33.3 Å². The Morgan fingerprint density at radius 1 is 1.14 bits per heavy atom. The van der Waals surface area contributed by atoms with Gasteiger partial charge in [0.1, 0.15) is 11.6 Å². The molecule has 0 heterocycles. The minimum absolute atomic E-state index is 0.00583. The van der Waals surface area contributed by atoms with E-state index < -0.39 is 28.4 Å². The molecule has 0 aliphatic carbocycles. The van der Waals surface area contributed by atoms with Crippen LogP contribution in [0.2, 0.25) is 5.02 Å². The van der Waals surface area contributed by atoms with E-state index in [9.17, 15) is 17.6 Å². The van der Waals surface area contributed by atoms with Gasteiger partial charge in [0.25, 0.3) is 10.0 Å². The van der Waals surface area contributed by atoms with E-state index in [4.69, 9.17) is 21.4 Å². The van der Waals surface area contributed by atoms with E-state index in [2.05, 4.69) is 16.9 Å². The molecule has 0 aromatic heterocycles. The summed E-state index contributed by atoms with van der Waals surface area (Å²) < 4.78 is 46.5. The number of sulfonamides is 1. The normalized spacial score (nSPS) is 10.8. The molecular weight excluding hydrogens is 421 g/mol. The van der Waals surface area contributed by atoms with Gasteiger partial charge < -0.3 is 9.84 Å². The molecule has 0 bridgehead atoms. The number of benzene rings is 2. The average Bonchev–Trinajstić information content (AvgIpc) is 2.66. The van der Waals surface area contributed by atoms with Crippen molar-refractivity contribution in [3.8, 4) is 16.9 Å². The molecule has 0 amide bonds. The molecule has 0 fully saturated rings. The Morgan fingerprint density at radius 3 is 2.59 bits per heavy atom. The molecule has 3 aromatic carbocycles. The summed E-state index contributed by atoms with van der Waals surface area (Å²) in [5.74, 6) is -2.05. The fourth-order valence-corrected chi connectivity index (χ4v) is 3.87. The Labute approximate surface area is 171 Å². The first kappa shape index (κ1) is 20.5. The number of nitrogens with one attached hydrogen (secondary N) is 1. The van der Waals surface area contributed by atoms with Gasteiger partial charge in [-0.3, -0.25) is 4.72 Å². The van der Waals surface area contributed by atoms with Crippen molar-refractivity contribution in [2.45, 2.75) is 4.90 Å². The van der Waals surface area contributed by atoms with Gasteiger partial charge in [-0.2, -0.15) is 0 Å². The number of carboxylic acid groups (broad SMARTS) is 1. The lowest BCUT2D eigenvalue weighted by Gasteiger charge is -2.15. The standard InChI is InChI=1S/C20H13ClFNO5S/c21-15-9-16(22)11-17(10-15)29(26,27)23-18-8-14(13-4-2-1-3-5-13)6-7-19(18)28-12-20(24)25/h2,4-11,23H,12H2,(H,24,25). The van der Waals surface area contributed by atoms with Crippen LogP contribution in [0, 0.1) is 17.9 Å². The van der Waals surface area contributed by atoms with Gasteiger partial charge in [0.2, 0.25) is 0 Å². The monoisotopic (exact) mass is 433 g/mol. The number of halogens is 2. The van der Waals surface area contributed by atoms with Crippen LogP contribution in [0.3, 0.4) is 0 Å². The van der Waals surface area contributed by atoms with Crippen molar-refractivity contribution in [3.63, 3.8) is 0 Å². The molecule has 6 nitrogen and oxygen atoms in total. The third-order valence-corrected chi connectivity index (χ3v) is 5.28. The molecule has 9 heteroatoms. The topological polar surface area (TPSA) is 92.7 Å². The quantitative estimate of drug-likeness (QED) is 0.587. The zero-order valence-electron chi connectivity index (χ0n) is 14.6. The van der Waals surface area contributed by atoms with Crippen molar-refractivity contribution < 1.29 is 27.4 Å². The first-order chi connectivity index (χ1) is 13.7. The molecule has 0 aliphatic heterocycles. The summed E-state index contributed by atoms with van der Waals surface area (Å²) in [5.41, 5.74) is 1.33. The Kier molecular flexibility index (Phi) is 5.92. The zero-order valence-corrected chi connectivity index (χ0v) is 16.2. The van der Waals surface area contributed by atoms with Crippen LogP contribution in [0.15, 0.2) is 59.5 Å². The van der Waals surface area contributed by atoms with Gasteiger partial charge in [-0.25, -0.2) is 17.6 Å². The second-order valence-corrected chi connectivity index (χ2v) is 7.94. The summed E-state index contributed by atoms with van der Waals surface area (Å²) in [6.07, 6.45) is 0. The lowest BCUT2D eigenvalue weighted by molar-refractivity contribution is -0.139. The highest BCUT2D eigenvalue weighted by Gasteiger charge is 2.19. The first-order valence-electron chi connectivity index (χ1n) is 8.10. The largest absolute Gasteiger partial charge is 0.480 e. The van der Waals surface area contributed by atoms with Crippen LogP contribution in [-0.4, -0.2) is 26.1 Å². The number of anilines is 1. The number of ether oxygens (including phenoxy) is 1. The summed E-state index contributed by atoms with van der Waals surface area (Å²) in [6, 6.07) is 18.0. The fraction of sp³-hybridized carbons (Fsp3) is 0.0500. The number of hydrogen-bond acceptors (Lipinski definition) is 4. The first-order valence-corrected chi connectivity index (χ1v) is 9.96. The number of rotatable bonds is 7. The highest BCUT2D eigenvalue weighted by molar-refractivity contribution is 7.92. The molecule has 3 aromatic rings. The SMILES string of the molecule is O=C(O)COc1ccc(-c2cc#ccc2)cc1NS(=O)(=O)c1cc(F)cc(Cl)c1. The predicted molar refractivity (Wildman–Crippen MR) is 105 cm³/mol. The smallest absolute Gasteiger partial charge is 0.341 e. The predicted octanol–water partition coefficient (Wildman–Crippen LogP) is 4.01. The average molecular weight is 434 g/mol. The highest BCUT2D eigenvalue weighted by atomic mass is 35.5. The van der Waals surface area contributed by atoms with E-state index >= 15 is 0 Å². The number of carboxylic acids is 1. The van der Waals surface area contributed by atoms with E-state index in [1.54, 1.807) is 24.3 Å². The summed E-state index contributed by atoms with van der Waals surface area (Å²) in [5, 5.41) is 8.76. The Balaban J connectivity index is 2.03. The van der Waals surface area contributed by atoms with Crippen molar-refractivity contribution in [2.75, 3.05) is 11.3 Å². The van der Waals surface area contributed by atoms with Gasteiger partial charge in [-0.05, 0) is 59.7 Å². The van der Waals surface area contributed by atoms with Crippen LogP contribution in [0.25, 0.3) is 11.1 Å². The number of carbonyl (C=O) groups is 1. The molecule has 2 N–H and O–H groups in total. The summed E-state index contributed by atoms with van der Waals surface area (Å²) in [7, 11) is -4.23. The van der Waals surface area contributed by atoms with Gasteiger partial charge >= 0.3 is 5.97 Å². The van der Waals surface area contributed by atoms with Crippen molar-refractivity contribution in [1.29, 1.82) is 0 Å². The maximum Gasteiger partial charge on any atom is 0.341 e. The van der Waals surface area contributed by atoms with Gasteiger partial charge in [0.15, 0.2) is 6.61 Å². The van der Waals surface area contributed by atoms with E-state index in [1.807, 2.05) is 0 Å². The van der Waals surface area contributed by atoms with Gasteiger partial charge in [0, 0.05) is 5.02 Å². The van der Waals surface area contributed by atoms with E-state index in [0.717, 1.165) is 23.8 Å². The molecule has 0 saturated heterocycles. The van der Waals surface area contributed by atoms with Crippen LogP contribution in [-0.2, 0) is 14.8 Å². The van der Waals surface area contributed by atoms with Crippen LogP contribution < -0.4 is 9.46 Å². The summed E-state index contributed by atoms with van der Waals surface area (Å²) in [4.78, 5) is 10.4. The number of hydrogen-bond donors (Lipinski definition) is 2. The Bertz CT molecular complexity index is 1130. The van der Waals surface area contributed by atoms with Gasteiger partial charge in [-0.15, -0.1) is 0 Å². The highest BCUT2D eigenvalue weighted by Crippen LogP contribution is 2.32. The second-order valence-electron chi connectivity index (χ2n) is 5.83. The van der Waals surface area contributed by atoms with Crippen molar-refractivity contribution in [2.24, 2.45) is 0 Å². The molecule has 0 saturated carbocycles. The van der Waals surface area contributed by atoms with E-state index in [-0.39, 0.29) is 21.4 Å². The zero-order chi connectivity index (χ0) is 21.0. The lowest BCUT2D eigenvalue weighted by Crippen LogP contribution is -2.16. The number of aliphatic carboxylic acids is 1.